The summed E-state index contributed by atoms with van der Waals surface area (Å²) in [6.45, 7) is 6.13. The Morgan fingerprint density at radius 1 is 1.38 bits per heavy atom. The summed E-state index contributed by atoms with van der Waals surface area (Å²) in [6.07, 6.45) is 0. The number of hydrogen-bond acceptors (Lipinski definition) is 1. The molecule has 2 heteroatoms. The number of primary amides is 1. The zero-order chi connectivity index (χ0) is 10.0. The third-order valence-electron chi connectivity index (χ3n) is 2.17. The van der Waals surface area contributed by atoms with E-state index in [1.54, 1.807) is 6.07 Å². The van der Waals surface area contributed by atoms with Crippen LogP contribution in [0.3, 0.4) is 0 Å². The minimum Gasteiger partial charge on any atom is -0.366 e. The summed E-state index contributed by atoms with van der Waals surface area (Å²) in [5.41, 5.74) is 8.13. The molecule has 70 valence electrons. The van der Waals surface area contributed by atoms with Crippen molar-refractivity contribution >= 4 is 5.91 Å². The molecule has 0 saturated heterocycles. The number of aryl methyl sites for hydroxylation is 1. The van der Waals surface area contributed by atoms with Crippen LogP contribution in [-0.4, -0.2) is 5.91 Å². The lowest BCUT2D eigenvalue weighted by Gasteiger charge is -2.13. The molecule has 0 heterocycles. The molecule has 1 rings (SSSR count). The van der Waals surface area contributed by atoms with Gasteiger partial charge in [0.1, 0.15) is 0 Å². The molecular weight excluding hydrogens is 162 g/mol. The Morgan fingerprint density at radius 2 is 2.00 bits per heavy atom. The Bertz CT molecular complexity index is 329. The number of carbonyl (C=O) groups excluding carboxylic acids is 1. The van der Waals surface area contributed by atoms with E-state index in [1.807, 2.05) is 19.1 Å². The molecule has 0 fully saturated rings. The molecule has 0 aliphatic heterocycles. The Labute approximate surface area is 78.8 Å². The molecule has 0 radical (unpaired) electrons. The zero-order valence-electron chi connectivity index (χ0n) is 8.29. The van der Waals surface area contributed by atoms with Crippen LogP contribution in [-0.2, 0) is 0 Å². The summed E-state index contributed by atoms with van der Waals surface area (Å²) in [7, 11) is 0. The summed E-state index contributed by atoms with van der Waals surface area (Å²) >= 11 is 0. The minimum absolute atomic E-state index is 0.337. The van der Waals surface area contributed by atoms with Gasteiger partial charge < -0.3 is 5.73 Å². The number of nitrogens with two attached hydrogens (primary N) is 1. The first-order valence-corrected chi connectivity index (χ1v) is 4.43. The fraction of sp³-hybridized carbons (Fsp3) is 0.364. The van der Waals surface area contributed by atoms with E-state index in [1.165, 1.54) is 0 Å². The number of amides is 1. The molecular formula is C11H15NO. The summed E-state index contributed by atoms with van der Waals surface area (Å²) in [4.78, 5) is 11.1. The second-order valence-corrected chi connectivity index (χ2v) is 3.56. The third-order valence-corrected chi connectivity index (χ3v) is 2.17. The van der Waals surface area contributed by atoms with E-state index >= 15 is 0 Å². The summed E-state index contributed by atoms with van der Waals surface area (Å²) in [5.74, 6) is -0.00361. The summed E-state index contributed by atoms with van der Waals surface area (Å²) < 4.78 is 0. The molecule has 2 N–H and O–H groups in total. The van der Waals surface area contributed by atoms with Crippen molar-refractivity contribution in [3.05, 3.63) is 34.9 Å². The van der Waals surface area contributed by atoms with Gasteiger partial charge in [-0.25, -0.2) is 0 Å². The largest absolute Gasteiger partial charge is 0.366 e. The van der Waals surface area contributed by atoms with E-state index in [0.29, 0.717) is 11.5 Å². The predicted octanol–water partition coefficient (Wildman–Crippen LogP) is 2.22. The standard InChI is InChI=1S/C11H15NO/c1-7(2)10-8(3)5-4-6-9(10)11(12)13/h4-7H,1-3H3,(H2,12,13). The molecule has 0 spiro atoms. The van der Waals surface area contributed by atoms with E-state index in [2.05, 4.69) is 13.8 Å². The van der Waals surface area contributed by atoms with Crippen molar-refractivity contribution < 1.29 is 4.79 Å². The molecule has 0 aliphatic carbocycles. The molecule has 0 unspecified atom stereocenters. The van der Waals surface area contributed by atoms with Gasteiger partial charge in [-0.05, 0) is 30.0 Å². The monoisotopic (exact) mass is 177 g/mol. The maximum Gasteiger partial charge on any atom is 0.248 e. The van der Waals surface area contributed by atoms with E-state index < -0.39 is 0 Å². The highest BCUT2D eigenvalue weighted by Crippen LogP contribution is 2.22. The first kappa shape index (κ1) is 9.78. The fourth-order valence-electron chi connectivity index (χ4n) is 1.66. The van der Waals surface area contributed by atoms with Crippen molar-refractivity contribution in [2.45, 2.75) is 26.7 Å². The van der Waals surface area contributed by atoms with Crippen molar-refractivity contribution in [3.8, 4) is 0 Å². The van der Waals surface area contributed by atoms with Crippen LogP contribution in [0.5, 0.6) is 0 Å². The molecule has 1 aromatic rings. The quantitative estimate of drug-likeness (QED) is 0.739. The van der Waals surface area contributed by atoms with Gasteiger partial charge in [-0.1, -0.05) is 26.0 Å². The molecule has 1 amide bonds. The highest BCUT2D eigenvalue weighted by atomic mass is 16.1. The molecule has 13 heavy (non-hydrogen) atoms. The van der Waals surface area contributed by atoms with Crippen LogP contribution in [0.4, 0.5) is 0 Å². The van der Waals surface area contributed by atoms with Crippen LogP contribution < -0.4 is 5.73 Å². The Hall–Kier alpha value is -1.31. The van der Waals surface area contributed by atoms with Crippen molar-refractivity contribution in [1.29, 1.82) is 0 Å². The van der Waals surface area contributed by atoms with Crippen molar-refractivity contribution in [1.82, 2.24) is 0 Å². The van der Waals surface area contributed by atoms with Gasteiger partial charge >= 0.3 is 0 Å². The SMILES string of the molecule is Cc1cccc(C(N)=O)c1C(C)C. The van der Waals surface area contributed by atoms with Crippen LogP contribution in [0, 0.1) is 6.92 Å². The molecule has 0 bridgehead atoms. The third kappa shape index (κ3) is 1.89. The van der Waals surface area contributed by atoms with Crippen LogP contribution >= 0.6 is 0 Å². The van der Waals surface area contributed by atoms with Gasteiger partial charge in [0.2, 0.25) is 5.91 Å². The molecule has 0 atom stereocenters. The highest BCUT2D eigenvalue weighted by molar-refractivity contribution is 5.94. The Kier molecular flexibility index (Phi) is 2.71. The second kappa shape index (κ2) is 3.60. The van der Waals surface area contributed by atoms with Gasteiger partial charge in [-0.3, -0.25) is 4.79 Å². The normalized spacial score (nSPS) is 10.5. The number of rotatable bonds is 2. The number of carbonyl (C=O) groups is 1. The van der Waals surface area contributed by atoms with Crippen LogP contribution in [0.2, 0.25) is 0 Å². The summed E-state index contributed by atoms with van der Waals surface area (Å²) in [6, 6.07) is 5.65. The van der Waals surface area contributed by atoms with Crippen molar-refractivity contribution in [2.75, 3.05) is 0 Å². The fourth-order valence-corrected chi connectivity index (χ4v) is 1.66. The van der Waals surface area contributed by atoms with Crippen molar-refractivity contribution in [3.63, 3.8) is 0 Å². The predicted molar refractivity (Wildman–Crippen MR) is 53.8 cm³/mol. The zero-order valence-corrected chi connectivity index (χ0v) is 8.29. The highest BCUT2D eigenvalue weighted by Gasteiger charge is 2.12. The van der Waals surface area contributed by atoms with Crippen LogP contribution in [0.25, 0.3) is 0 Å². The van der Waals surface area contributed by atoms with E-state index in [0.717, 1.165) is 11.1 Å². The van der Waals surface area contributed by atoms with Gasteiger partial charge in [-0.2, -0.15) is 0 Å². The second-order valence-electron chi connectivity index (χ2n) is 3.56. The molecule has 1 aromatic carbocycles. The maximum atomic E-state index is 11.1. The molecule has 2 nitrogen and oxygen atoms in total. The number of hydrogen-bond donors (Lipinski definition) is 1. The average molecular weight is 177 g/mol. The average Bonchev–Trinajstić information content (AvgIpc) is 2.02. The van der Waals surface area contributed by atoms with Crippen LogP contribution in [0.1, 0.15) is 41.3 Å². The molecule has 0 saturated carbocycles. The molecule has 0 aliphatic rings. The van der Waals surface area contributed by atoms with Gasteiger partial charge in [0.15, 0.2) is 0 Å². The van der Waals surface area contributed by atoms with Gasteiger partial charge in [0.25, 0.3) is 0 Å². The van der Waals surface area contributed by atoms with E-state index in [4.69, 9.17) is 5.73 Å². The smallest absolute Gasteiger partial charge is 0.248 e. The topological polar surface area (TPSA) is 43.1 Å². The van der Waals surface area contributed by atoms with Crippen LogP contribution in [0.15, 0.2) is 18.2 Å². The lowest BCUT2D eigenvalue weighted by atomic mass is 9.92. The summed E-state index contributed by atoms with van der Waals surface area (Å²) in [5, 5.41) is 0. The maximum absolute atomic E-state index is 11.1. The van der Waals surface area contributed by atoms with Crippen molar-refractivity contribution in [2.24, 2.45) is 5.73 Å². The van der Waals surface area contributed by atoms with Gasteiger partial charge in [0, 0.05) is 5.56 Å². The Morgan fingerprint density at radius 3 is 2.38 bits per heavy atom. The number of benzene rings is 1. The van der Waals surface area contributed by atoms with Gasteiger partial charge in [0.05, 0.1) is 0 Å². The van der Waals surface area contributed by atoms with E-state index in [9.17, 15) is 4.79 Å². The molecule has 0 aromatic heterocycles. The van der Waals surface area contributed by atoms with Gasteiger partial charge in [-0.15, -0.1) is 0 Å². The first-order valence-electron chi connectivity index (χ1n) is 4.43. The lowest BCUT2D eigenvalue weighted by molar-refractivity contribution is 0.0999. The Balaban J connectivity index is 3.34. The minimum atomic E-state index is -0.340. The first-order chi connectivity index (χ1) is 6.04. The van der Waals surface area contributed by atoms with E-state index in [-0.39, 0.29) is 5.91 Å². The lowest BCUT2D eigenvalue weighted by Crippen LogP contribution is -2.15.